The summed E-state index contributed by atoms with van der Waals surface area (Å²) in [5, 5.41) is 12.4. The van der Waals surface area contributed by atoms with E-state index in [4.69, 9.17) is 5.11 Å². The summed E-state index contributed by atoms with van der Waals surface area (Å²) in [6.45, 7) is 0. The highest BCUT2D eigenvalue weighted by Gasteiger charge is 2.69. The number of piperidine rings is 1. The van der Waals surface area contributed by atoms with Gasteiger partial charge >= 0.3 is 5.97 Å². The van der Waals surface area contributed by atoms with Gasteiger partial charge < -0.3 is 5.11 Å². The first kappa shape index (κ1) is 7.80. The summed E-state index contributed by atoms with van der Waals surface area (Å²) in [7, 11) is 0. The number of aliphatic carboxylic acids is 1. The predicted molar refractivity (Wildman–Crippen MR) is 47.4 cm³/mol. The van der Waals surface area contributed by atoms with Crippen molar-refractivity contribution in [3.63, 3.8) is 0 Å². The first-order valence-corrected chi connectivity index (χ1v) is 5.25. The van der Waals surface area contributed by atoms with Gasteiger partial charge in [0.2, 0.25) is 0 Å². The number of hydrogen-bond acceptors (Lipinski definition) is 2. The lowest BCUT2D eigenvalue weighted by Gasteiger charge is -2.27. The van der Waals surface area contributed by atoms with Gasteiger partial charge in [0.15, 0.2) is 0 Å². The van der Waals surface area contributed by atoms with Crippen molar-refractivity contribution in [2.24, 2.45) is 11.8 Å². The van der Waals surface area contributed by atoms with E-state index in [2.05, 4.69) is 5.32 Å². The molecule has 0 aromatic heterocycles. The van der Waals surface area contributed by atoms with Crippen molar-refractivity contribution in [2.45, 2.75) is 43.7 Å². The van der Waals surface area contributed by atoms with Crippen molar-refractivity contribution in [2.75, 3.05) is 0 Å². The fourth-order valence-corrected chi connectivity index (χ4v) is 3.43. The second kappa shape index (κ2) is 2.27. The minimum absolute atomic E-state index is 0.454. The van der Waals surface area contributed by atoms with Crippen molar-refractivity contribution in [3.05, 3.63) is 0 Å². The molecule has 0 aromatic carbocycles. The largest absolute Gasteiger partial charge is 0.480 e. The quantitative estimate of drug-likeness (QED) is 0.634. The summed E-state index contributed by atoms with van der Waals surface area (Å²) in [6.07, 6.45) is 5.89. The van der Waals surface area contributed by atoms with E-state index in [1.807, 2.05) is 0 Å². The molecule has 1 heterocycles. The molecule has 1 aliphatic heterocycles. The zero-order valence-electron chi connectivity index (χ0n) is 7.62. The number of carbonyl (C=O) groups is 1. The SMILES string of the molecule is O=C(O)C12CC1C1CCCCC1N2. The Bertz CT molecular complexity index is 266. The molecule has 0 spiro atoms. The topological polar surface area (TPSA) is 49.3 Å². The normalized spacial score (nSPS) is 52.5. The van der Waals surface area contributed by atoms with Crippen LogP contribution in [0.15, 0.2) is 0 Å². The number of fused-ring (bicyclic) bond motifs is 3. The summed E-state index contributed by atoms with van der Waals surface area (Å²) < 4.78 is 0. The molecule has 3 aliphatic rings. The second-order valence-electron chi connectivity index (χ2n) is 4.79. The third kappa shape index (κ3) is 0.857. The summed E-state index contributed by atoms with van der Waals surface area (Å²) in [5.74, 6) is 0.507. The van der Waals surface area contributed by atoms with Gasteiger partial charge in [0, 0.05) is 6.04 Å². The molecule has 13 heavy (non-hydrogen) atoms. The van der Waals surface area contributed by atoms with Gasteiger partial charge in [0.25, 0.3) is 0 Å². The van der Waals surface area contributed by atoms with Gasteiger partial charge in [-0.3, -0.25) is 10.1 Å². The fraction of sp³-hybridized carbons (Fsp3) is 0.900. The van der Waals surface area contributed by atoms with Gasteiger partial charge in [-0.05, 0) is 31.1 Å². The molecule has 0 radical (unpaired) electrons. The van der Waals surface area contributed by atoms with E-state index in [1.54, 1.807) is 0 Å². The lowest BCUT2D eigenvalue weighted by atomic mass is 9.83. The maximum atomic E-state index is 11.0. The number of carboxylic acids is 1. The lowest BCUT2D eigenvalue weighted by molar-refractivity contribution is -0.140. The highest BCUT2D eigenvalue weighted by Crippen LogP contribution is 2.58. The van der Waals surface area contributed by atoms with Gasteiger partial charge in [-0.2, -0.15) is 0 Å². The van der Waals surface area contributed by atoms with E-state index in [0.29, 0.717) is 17.9 Å². The van der Waals surface area contributed by atoms with Crippen LogP contribution in [0, 0.1) is 11.8 Å². The van der Waals surface area contributed by atoms with Crippen molar-refractivity contribution >= 4 is 5.97 Å². The Hall–Kier alpha value is -0.570. The van der Waals surface area contributed by atoms with Crippen LogP contribution in [0.3, 0.4) is 0 Å². The average Bonchev–Trinajstić information content (AvgIpc) is 2.76. The molecule has 0 aromatic rings. The summed E-state index contributed by atoms with van der Waals surface area (Å²) >= 11 is 0. The fourth-order valence-electron chi connectivity index (χ4n) is 3.43. The number of hydrogen-bond donors (Lipinski definition) is 2. The van der Waals surface area contributed by atoms with E-state index < -0.39 is 11.5 Å². The Labute approximate surface area is 77.5 Å². The molecule has 3 heteroatoms. The van der Waals surface area contributed by atoms with Gasteiger partial charge in [-0.25, -0.2) is 0 Å². The molecule has 72 valence electrons. The molecule has 0 amide bonds. The first-order valence-electron chi connectivity index (χ1n) is 5.25. The van der Waals surface area contributed by atoms with Crippen LogP contribution in [-0.2, 0) is 4.79 Å². The van der Waals surface area contributed by atoms with Crippen molar-refractivity contribution in [1.82, 2.24) is 5.32 Å². The van der Waals surface area contributed by atoms with Crippen LogP contribution in [0.5, 0.6) is 0 Å². The Morgan fingerprint density at radius 3 is 2.85 bits per heavy atom. The van der Waals surface area contributed by atoms with Crippen LogP contribution in [0.4, 0.5) is 0 Å². The Morgan fingerprint density at radius 2 is 2.15 bits per heavy atom. The first-order chi connectivity index (χ1) is 6.24. The third-order valence-electron chi connectivity index (χ3n) is 4.18. The molecular formula is C10H15NO2. The second-order valence-corrected chi connectivity index (χ2v) is 4.79. The Balaban J connectivity index is 1.84. The van der Waals surface area contributed by atoms with Crippen LogP contribution in [0.1, 0.15) is 32.1 Å². The monoisotopic (exact) mass is 181 g/mol. The summed E-state index contributed by atoms with van der Waals surface area (Å²) in [5.41, 5.74) is -0.486. The van der Waals surface area contributed by atoms with Gasteiger partial charge in [-0.15, -0.1) is 0 Å². The maximum Gasteiger partial charge on any atom is 0.324 e. The third-order valence-corrected chi connectivity index (χ3v) is 4.18. The molecule has 4 atom stereocenters. The molecule has 2 aliphatic carbocycles. The molecule has 3 nitrogen and oxygen atoms in total. The number of rotatable bonds is 1. The molecule has 2 saturated carbocycles. The molecule has 4 unspecified atom stereocenters. The van der Waals surface area contributed by atoms with Crippen molar-refractivity contribution in [1.29, 1.82) is 0 Å². The van der Waals surface area contributed by atoms with E-state index >= 15 is 0 Å². The molecule has 1 saturated heterocycles. The smallest absolute Gasteiger partial charge is 0.324 e. The Kier molecular flexibility index (Phi) is 1.36. The number of nitrogens with one attached hydrogen (secondary N) is 1. The van der Waals surface area contributed by atoms with Gasteiger partial charge in [0.1, 0.15) is 5.54 Å². The van der Waals surface area contributed by atoms with E-state index in [0.717, 1.165) is 6.42 Å². The minimum Gasteiger partial charge on any atom is -0.480 e. The highest BCUT2D eigenvalue weighted by atomic mass is 16.4. The van der Waals surface area contributed by atoms with Crippen LogP contribution < -0.4 is 5.32 Å². The van der Waals surface area contributed by atoms with Crippen LogP contribution >= 0.6 is 0 Å². The lowest BCUT2D eigenvalue weighted by Crippen LogP contribution is -2.43. The van der Waals surface area contributed by atoms with Crippen molar-refractivity contribution < 1.29 is 9.90 Å². The minimum atomic E-state index is -0.619. The van der Waals surface area contributed by atoms with E-state index in [9.17, 15) is 4.79 Å². The molecular weight excluding hydrogens is 166 g/mol. The standard InChI is InChI=1S/C10H15NO2/c12-9(13)10-5-7(10)6-3-1-2-4-8(6)11-10/h6-8,11H,1-5H2,(H,12,13). The number of carboxylic acid groups (broad SMARTS) is 1. The summed E-state index contributed by atoms with van der Waals surface area (Å²) in [4.78, 5) is 11.0. The van der Waals surface area contributed by atoms with Gasteiger partial charge in [-0.1, -0.05) is 12.8 Å². The molecule has 3 fully saturated rings. The van der Waals surface area contributed by atoms with E-state index in [-0.39, 0.29) is 0 Å². The van der Waals surface area contributed by atoms with Crippen LogP contribution in [-0.4, -0.2) is 22.7 Å². The van der Waals surface area contributed by atoms with Crippen LogP contribution in [0.2, 0.25) is 0 Å². The molecule has 3 rings (SSSR count). The van der Waals surface area contributed by atoms with E-state index in [1.165, 1.54) is 25.7 Å². The molecule has 2 N–H and O–H groups in total. The highest BCUT2D eigenvalue weighted by molar-refractivity contribution is 5.84. The predicted octanol–water partition coefficient (Wildman–Crippen LogP) is 0.992. The summed E-state index contributed by atoms with van der Waals surface area (Å²) in [6, 6.07) is 0.517. The Morgan fingerprint density at radius 1 is 1.38 bits per heavy atom. The zero-order chi connectivity index (χ0) is 9.05. The van der Waals surface area contributed by atoms with Crippen molar-refractivity contribution in [3.8, 4) is 0 Å². The zero-order valence-corrected chi connectivity index (χ0v) is 7.62. The molecule has 0 bridgehead atoms. The maximum absolute atomic E-state index is 11.0. The van der Waals surface area contributed by atoms with Crippen LogP contribution in [0.25, 0.3) is 0 Å². The average molecular weight is 181 g/mol. The van der Waals surface area contributed by atoms with Gasteiger partial charge in [0.05, 0.1) is 0 Å².